The van der Waals surface area contributed by atoms with Gasteiger partial charge in [0.15, 0.2) is 0 Å². The van der Waals surface area contributed by atoms with Crippen molar-refractivity contribution in [3.05, 3.63) is 29.8 Å². The van der Waals surface area contributed by atoms with Crippen molar-refractivity contribution in [2.75, 3.05) is 38.6 Å². The molecule has 3 amide bonds. The highest BCUT2D eigenvalue weighted by Crippen LogP contribution is 2.40. The fourth-order valence-electron chi connectivity index (χ4n) is 3.17. The molecule has 1 aromatic carbocycles. The highest BCUT2D eigenvalue weighted by molar-refractivity contribution is 5.91. The number of aryl methyl sites for hydroxylation is 1. The predicted octanol–water partition coefficient (Wildman–Crippen LogP) is 1.48. The van der Waals surface area contributed by atoms with E-state index in [1.807, 2.05) is 31.2 Å². The van der Waals surface area contributed by atoms with Gasteiger partial charge >= 0.3 is 12.0 Å². The van der Waals surface area contributed by atoms with E-state index in [4.69, 9.17) is 0 Å². The van der Waals surface area contributed by atoms with E-state index in [1.54, 1.807) is 9.80 Å². The number of anilines is 1. The van der Waals surface area contributed by atoms with E-state index >= 15 is 0 Å². The molecule has 7 nitrogen and oxygen atoms in total. The van der Waals surface area contributed by atoms with Gasteiger partial charge in [0.2, 0.25) is 5.91 Å². The molecule has 1 heterocycles. The number of hydrogen-bond acceptors (Lipinski definition) is 4. The molecule has 1 saturated carbocycles. The highest BCUT2D eigenvalue weighted by Gasteiger charge is 2.50. The van der Waals surface area contributed by atoms with E-state index in [1.165, 1.54) is 7.11 Å². The quantitative estimate of drug-likeness (QED) is 0.842. The Morgan fingerprint density at radius 3 is 2.40 bits per heavy atom. The third-order valence-corrected chi connectivity index (χ3v) is 4.76. The van der Waals surface area contributed by atoms with Gasteiger partial charge in [0.25, 0.3) is 0 Å². The smallest absolute Gasteiger partial charge is 0.321 e. The van der Waals surface area contributed by atoms with Crippen molar-refractivity contribution in [2.24, 2.45) is 11.8 Å². The lowest BCUT2D eigenvalue weighted by Crippen LogP contribution is -2.52. The summed E-state index contributed by atoms with van der Waals surface area (Å²) < 4.78 is 4.68. The van der Waals surface area contributed by atoms with Gasteiger partial charge in [-0.1, -0.05) is 12.1 Å². The average molecular weight is 345 g/mol. The Bertz CT molecular complexity index is 683. The summed E-state index contributed by atoms with van der Waals surface area (Å²) in [5.74, 6) is -0.857. The SMILES string of the molecule is COC(=O)[C@H]1C[C@@H]1C(=O)N1CCN(C(=O)Nc2cccc(C)c2)CC1. The van der Waals surface area contributed by atoms with Crippen LogP contribution in [-0.2, 0) is 14.3 Å². The van der Waals surface area contributed by atoms with Gasteiger partial charge in [0.1, 0.15) is 0 Å². The van der Waals surface area contributed by atoms with Gasteiger partial charge in [0, 0.05) is 31.9 Å². The molecule has 134 valence electrons. The number of methoxy groups -OCH3 is 1. The van der Waals surface area contributed by atoms with E-state index in [0.29, 0.717) is 32.6 Å². The Labute approximate surface area is 146 Å². The normalized spacial score (nSPS) is 22.3. The summed E-state index contributed by atoms with van der Waals surface area (Å²) in [6.07, 6.45) is 0.569. The monoisotopic (exact) mass is 345 g/mol. The Balaban J connectivity index is 1.48. The summed E-state index contributed by atoms with van der Waals surface area (Å²) in [5, 5.41) is 2.88. The minimum atomic E-state index is -0.311. The molecule has 0 bridgehead atoms. The molecule has 2 atom stereocenters. The largest absolute Gasteiger partial charge is 0.469 e. The van der Waals surface area contributed by atoms with Gasteiger partial charge < -0.3 is 19.9 Å². The van der Waals surface area contributed by atoms with Gasteiger partial charge in [-0.3, -0.25) is 9.59 Å². The third-order valence-electron chi connectivity index (χ3n) is 4.76. The number of nitrogens with zero attached hydrogens (tertiary/aromatic N) is 2. The lowest BCUT2D eigenvalue weighted by Gasteiger charge is -2.35. The van der Waals surface area contributed by atoms with Crippen molar-refractivity contribution in [3.63, 3.8) is 0 Å². The molecule has 25 heavy (non-hydrogen) atoms. The second kappa shape index (κ2) is 7.13. The van der Waals surface area contributed by atoms with Crippen molar-refractivity contribution in [2.45, 2.75) is 13.3 Å². The van der Waals surface area contributed by atoms with Crippen LogP contribution in [0.25, 0.3) is 0 Å². The molecule has 1 aliphatic carbocycles. The topological polar surface area (TPSA) is 79.0 Å². The molecule has 0 spiro atoms. The molecule has 2 aliphatic rings. The van der Waals surface area contributed by atoms with Crippen molar-refractivity contribution in [1.29, 1.82) is 0 Å². The molecule has 0 aromatic heterocycles. The zero-order valence-corrected chi connectivity index (χ0v) is 14.5. The molecular formula is C18H23N3O4. The number of carbonyl (C=O) groups excluding carboxylic acids is 3. The summed E-state index contributed by atoms with van der Waals surface area (Å²) in [6, 6.07) is 7.48. The standard InChI is InChI=1S/C18H23N3O4/c1-12-4-3-5-13(10-12)19-18(24)21-8-6-20(7-9-21)16(22)14-11-15(14)17(23)25-2/h3-5,10,14-15H,6-9,11H2,1-2H3,(H,19,24)/t14-,15-/m0/s1. The third kappa shape index (κ3) is 3.92. The lowest BCUT2D eigenvalue weighted by molar-refractivity contribution is -0.145. The van der Waals surface area contributed by atoms with Gasteiger partial charge in [-0.15, -0.1) is 0 Å². The summed E-state index contributed by atoms with van der Waals surface area (Å²) in [7, 11) is 1.34. The van der Waals surface area contributed by atoms with Crippen molar-refractivity contribution < 1.29 is 19.1 Å². The minimum Gasteiger partial charge on any atom is -0.469 e. The van der Waals surface area contributed by atoms with Crippen LogP contribution in [0, 0.1) is 18.8 Å². The number of hydrogen-bond donors (Lipinski definition) is 1. The molecule has 2 fully saturated rings. The number of esters is 1. The maximum absolute atomic E-state index is 12.4. The van der Waals surface area contributed by atoms with Gasteiger partial charge in [-0.2, -0.15) is 0 Å². The van der Waals surface area contributed by atoms with Gasteiger partial charge in [-0.25, -0.2) is 4.79 Å². The number of ether oxygens (including phenoxy) is 1. The van der Waals surface area contributed by atoms with Crippen molar-refractivity contribution in [3.8, 4) is 0 Å². The zero-order valence-electron chi connectivity index (χ0n) is 14.5. The number of benzene rings is 1. The molecule has 3 rings (SSSR count). The van der Waals surface area contributed by atoms with E-state index < -0.39 is 0 Å². The summed E-state index contributed by atoms with van der Waals surface area (Å²) in [6.45, 7) is 3.92. The van der Waals surface area contributed by atoms with Crippen molar-refractivity contribution >= 4 is 23.6 Å². The van der Waals surface area contributed by atoms with Crippen LogP contribution in [0.1, 0.15) is 12.0 Å². The second-order valence-corrected chi connectivity index (χ2v) is 6.58. The zero-order chi connectivity index (χ0) is 18.0. The van der Waals surface area contributed by atoms with Crippen LogP contribution >= 0.6 is 0 Å². The number of carbonyl (C=O) groups is 3. The number of nitrogens with one attached hydrogen (secondary N) is 1. The van der Waals surface area contributed by atoms with Crippen LogP contribution in [-0.4, -0.2) is 61.0 Å². The maximum atomic E-state index is 12.4. The van der Waals surface area contributed by atoms with E-state index in [-0.39, 0.29) is 29.7 Å². The van der Waals surface area contributed by atoms with Crippen molar-refractivity contribution in [1.82, 2.24) is 9.80 Å². The molecule has 1 aliphatic heterocycles. The first-order valence-corrected chi connectivity index (χ1v) is 8.49. The van der Waals surface area contributed by atoms with E-state index in [9.17, 15) is 14.4 Å². The minimum absolute atomic E-state index is 0.00542. The Hall–Kier alpha value is -2.57. The highest BCUT2D eigenvalue weighted by atomic mass is 16.5. The van der Waals surface area contributed by atoms with Gasteiger partial charge in [0.05, 0.1) is 18.9 Å². The van der Waals surface area contributed by atoms with E-state index in [0.717, 1.165) is 11.3 Å². The molecule has 0 unspecified atom stereocenters. The Morgan fingerprint density at radius 2 is 1.76 bits per heavy atom. The molecule has 1 saturated heterocycles. The molecular weight excluding hydrogens is 322 g/mol. The van der Waals surface area contributed by atoms with Crippen LogP contribution < -0.4 is 5.32 Å². The van der Waals surface area contributed by atoms with Gasteiger partial charge in [-0.05, 0) is 31.0 Å². The average Bonchev–Trinajstić information content (AvgIpc) is 3.41. The number of urea groups is 1. The van der Waals surface area contributed by atoms with Crippen LogP contribution in [0.4, 0.5) is 10.5 Å². The van der Waals surface area contributed by atoms with Crippen LogP contribution in [0.15, 0.2) is 24.3 Å². The summed E-state index contributed by atoms with van der Waals surface area (Å²) in [5.41, 5.74) is 1.85. The van der Waals surface area contributed by atoms with Crippen LogP contribution in [0.2, 0.25) is 0 Å². The summed E-state index contributed by atoms with van der Waals surface area (Å²) >= 11 is 0. The number of amides is 3. The molecule has 1 N–H and O–H groups in total. The first-order chi connectivity index (χ1) is 12.0. The van der Waals surface area contributed by atoms with E-state index in [2.05, 4.69) is 10.1 Å². The fraction of sp³-hybridized carbons (Fsp3) is 0.500. The maximum Gasteiger partial charge on any atom is 0.321 e. The summed E-state index contributed by atoms with van der Waals surface area (Å²) in [4.78, 5) is 39.6. The predicted molar refractivity (Wildman–Crippen MR) is 92.0 cm³/mol. The Morgan fingerprint density at radius 1 is 1.08 bits per heavy atom. The number of piperazine rings is 1. The Kier molecular flexibility index (Phi) is 4.92. The first kappa shape index (κ1) is 17.3. The molecule has 7 heteroatoms. The van der Waals surface area contributed by atoms with Crippen LogP contribution in [0.5, 0.6) is 0 Å². The van der Waals surface area contributed by atoms with Crippen LogP contribution in [0.3, 0.4) is 0 Å². The molecule has 0 radical (unpaired) electrons. The second-order valence-electron chi connectivity index (χ2n) is 6.58. The first-order valence-electron chi connectivity index (χ1n) is 8.49. The molecule has 1 aromatic rings. The lowest BCUT2D eigenvalue weighted by atomic mass is 10.2. The number of rotatable bonds is 3. The fourth-order valence-corrected chi connectivity index (χ4v) is 3.17.